The van der Waals surface area contributed by atoms with Gasteiger partial charge in [-0.1, -0.05) is 117 Å². The molecule has 1 N–H and O–H groups in total. The zero-order valence-corrected chi connectivity index (χ0v) is 26.3. The van der Waals surface area contributed by atoms with Gasteiger partial charge in [0.1, 0.15) is 5.75 Å². The standard InChI is InChI=1S/C35H52N2O2S/c1-5-6-7-8-9-10-11-12-13-14-15-16-24-39-33-26-30(19-22-32(33)35(2,3)4)34(38)36-31-20-17-29(18-21-31)27-37-23-25-40-28-37/h17-23,25-26H,5-16,24,27-28H2,1-4H3,(H,36,38). The highest BCUT2D eigenvalue weighted by molar-refractivity contribution is 8.02. The Morgan fingerprint density at radius 1 is 0.875 bits per heavy atom. The normalized spacial score (nSPS) is 13.2. The van der Waals surface area contributed by atoms with Crippen molar-refractivity contribution in [2.45, 2.75) is 117 Å². The smallest absolute Gasteiger partial charge is 0.255 e. The maximum Gasteiger partial charge on any atom is 0.255 e. The molecule has 220 valence electrons. The maximum absolute atomic E-state index is 13.1. The summed E-state index contributed by atoms with van der Waals surface area (Å²) in [6.45, 7) is 10.4. The van der Waals surface area contributed by atoms with Crippen molar-refractivity contribution >= 4 is 23.4 Å². The SMILES string of the molecule is CCCCCCCCCCCCCCOc1cc(C(=O)Nc2ccc(CN3C=CSC3)cc2)ccc1C(C)(C)C. The number of carbonyl (C=O) groups excluding carboxylic acids is 1. The quantitative estimate of drug-likeness (QED) is 0.183. The van der Waals surface area contributed by atoms with E-state index in [9.17, 15) is 4.79 Å². The van der Waals surface area contributed by atoms with Crippen LogP contribution in [0.25, 0.3) is 0 Å². The Kier molecular flexibility index (Phi) is 14.0. The number of carbonyl (C=O) groups is 1. The molecule has 3 rings (SSSR count). The molecule has 0 atom stereocenters. The Labute approximate surface area is 248 Å². The van der Waals surface area contributed by atoms with Crippen LogP contribution in [-0.4, -0.2) is 23.3 Å². The molecule has 0 bridgehead atoms. The molecule has 2 aromatic rings. The molecule has 5 heteroatoms. The molecule has 1 amide bonds. The molecular formula is C35H52N2O2S. The van der Waals surface area contributed by atoms with Crippen LogP contribution in [0, 0.1) is 0 Å². The number of anilines is 1. The third kappa shape index (κ3) is 11.6. The number of thioether (sulfide) groups is 1. The summed E-state index contributed by atoms with van der Waals surface area (Å²) in [6.07, 6.45) is 18.1. The van der Waals surface area contributed by atoms with Gasteiger partial charge in [0.15, 0.2) is 0 Å². The summed E-state index contributed by atoms with van der Waals surface area (Å²) < 4.78 is 6.28. The number of nitrogens with one attached hydrogen (secondary N) is 1. The number of unbranched alkanes of at least 4 members (excludes halogenated alkanes) is 11. The van der Waals surface area contributed by atoms with E-state index in [2.05, 4.69) is 67.7 Å². The lowest BCUT2D eigenvalue weighted by atomic mass is 9.85. The van der Waals surface area contributed by atoms with Crippen molar-refractivity contribution in [3.05, 3.63) is 70.8 Å². The summed E-state index contributed by atoms with van der Waals surface area (Å²) in [5.41, 5.74) is 3.74. The lowest BCUT2D eigenvalue weighted by Crippen LogP contribution is -2.17. The van der Waals surface area contributed by atoms with Crippen molar-refractivity contribution in [1.29, 1.82) is 0 Å². The molecule has 0 saturated heterocycles. The fourth-order valence-corrected chi connectivity index (χ4v) is 5.78. The monoisotopic (exact) mass is 564 g/mol. The van der Waals surface area contributed by atoms with Gasteiger partial charge >= 0.3 is 0 Å². The van der Waals surface area contributed by atoms with E-state index in [0.29, 0.717) is 12.2 Å². The average Bonchev–Trinajstić information content (AvgIpc) is 3.45. The Balaban J connectivity index is 1.43. The van der Waals surface area contributed by atoms with Crippen molar-refractivity contribution in [3.8, 4) is 5.75 Å². The van der Waals surface area contributed by atoms with Gasteiger partial charge in [-0.15, -0.1) is 11.8 Å². The summed E-state index contributed by atoms with van der Waals surface area (Å²) in [7, 11) is 0. The highest BCUT2D eigenvalue weighted by atomic mass is 32.2. The van der Waals surface area contributed by atoms with E-state index in [1.54, 1.807) is 11.8 Å². The van der Waals surface area contributed by atoms with Gasteiger partial charge in [0.25, 0.3) is 5.91 Å². The van der Waals surface area contributed by atoms with Crippen LogP contribution in [0.2, 0.25) is 0 Å². The van der Waals surface area contributed by atoms with Crippen molar-refractivity contribution in [2.75, 3.05) is 17.8 Å². The number of rotatable bonds is 18. The van der Waals surface area contributed by atoms with Gasteiger partial charge in [-0.2, -0.15) is 0 Å². The van der Waals surface area contributed by atoms with Gasteiger partial charge in [-0.25, -0.2) is 0 Å². The second-order valence-corrected chi connectivity index (χ2v) is 13.0. The van der Waals surface area contributed by atoms with Crippen LogP contribution in [0.1, 0.15) is 126 Å². The highest BCUT2D eigenvalue weighted by Crippen LogP contribution is 2.33. The van der Waals surface area contributed by atoms with E-state index < -0.39 is 0 Å². The Bertz CT molecular complexity index is 1040. The zero-order valence-electron chi connectivity index (χ0n) is 25.5. The first-order chi connectivity index (χ1) is 19.4. The van der Waals surface area contributed by atoms with Gasteiger partial charge < -0.3 is 15.0 Å². The van der Waals surface area contributed by atoms with Crippen LogP contribution in [0.3, 0.4) is 0 Å². The number of benzene rings is 2. The van der Waals surface area contributed by atoms with Crippen molar-refractivity contribution in [1.82, 2.24) is 4.90 Å². The van der Waals surface area contributed by atoms with Gasteiger partial charge in [-0.3, -0.25) is 4.79 Å². The minimum absolute atomic E-state index is 0.0558. The highest BCUT2D eigenvalue weighted by Gasteiger charge is 2.21. The van der Waals surface area contributed by atoms with E-state index in [1.165, 1.54) is 76.2 Å². The minimum Gasteiger partial charge on any atom is -0.493 e. The number of hydrogen-bond donors (Lipinski definition) is 1. The molecular weight excluding hydrogens is 512 g/mol. The largest absolute Gasteiger partial charge is 0.493 e. The van der Waals surface area contributed by atoms with Crippen LogP contribution in [0.4, 0.5) is 5.69 Å². The summed E-state index contributed by atoms with van der Waals surface area (Å²) in [6, 6.07) is 14.0. The Hall–Kier alpha value is -2.40. The molecule has 0 aliphatic carbocycles. The first kappa shape index (κ1) is 32.1. The molecule has 1 aliphatic heterocycles. The Morgan fingerprint density at radius 3 is 2.08 bits per heavy atom. The first-order valence-corrected chi connectivity index (χ1v) is 16.6. The summed E-state index contributed by atoms with van der Waals surface area (Å²) in [5, 5.41) is 5.18. The van der Waals surface area contributed by atoms with E-state index in [0.717, 1.165) is 35.8 Å². The summed E-state index contributed by atoms with van der Waals surface area (Å²) >= 11 is 1.81. The zero-order chi connectivity index (χ0) is 28.6. The number of hydrogen-bond acceptors (Lipinski definition) is 4. The van der Waals surface area contributed by atoms with Gasteiger partial charge in [0.05, 0.1) is 12.5 Å². The summed E-state index contributed by atoms with van der Waals surface area (Å²) in [5.74, 6) is 1.71. The molecule has 40 heavy (non-hydrogen) atoms. The summed E-state index contributed by atoms with van der Waals surface area (Å²) in [4.78, 5) is 15.4. The number of amides is 1. The third-order valence-corrected chi connectivity index (χ3v) is 8.31. The van der Waals surface area contributed by atoms with Crippen molar-refractivity contribution in [3.63, 3.8) is 0 Å². The average molecular weight is 565 g/mol. The lowest BCUT2D eigenvalue weighted by Gasteiger charge is -2.23. The number of ether oxygens (including phenoxy) is 1. The predicted octanol–water partition coefficient (Wildman–Crippen LogP) is 10.3. The second kappa shape index (κ2) is 17.4. The van der Waals surface area contributed by atoms with Gasteiger partial charge in [0.2, 0.25) is 0 Å². The maximum atomic E-state index is 13.1. The van der Waals surface area contributed by atoms with E-state index in [1.807, 2.05) is 24.3 Å². The second-order valence-electron chi connectivity index (χ2n) is 12.2. The molecule has 1 heterocycles. The van der Waals surface area contributed by atoms with Crippen LogP contribution >= 0.6 is 11.8 Å². The fraction of sp³-hybridized carbons (Fsp3) is 0.571. The molecule has 1 aliphatic rings. The molecule has 0 radical (unpaired) electrons. The number of nitrogens with zero attached hydrogens (tertiary/aromatic N) is 1. The molecule has 2 aromatic carbocycles. The van der Waals surface area contributed by atoms with Gasteiger partial charge in [0, 0.05) is 24.0 Å². The van der Waals surface area contributed by atoms with E-state index in [4.69, 9.17) is 4.74 Å². The molecule has 4 nitrogen and oxygen atoms in total. The van der Waals surface area contributed by atoms with E-state index in [-0.39, 0.29) is 11.3 Å². The molecule has 0 aromatic heterocycles. The van der Waals surface area contributed by atoms with Crippen LogP contribution in [0.15, 0.2) is 54.1 Å². The molecule has 0 unspecified atom stereocenters. The molecule has 0 fully saturated rings. The molecule has 0 spiro atoms. The van der Waals surface area contributed by atoms with Crippen molar-refractivity contribution in [2.24, 2.45) is 0 Å². The minimum atomic E-state index is -0.109. The Morgan fingerprint density at radius 2 is 1.50 bits per heavy atom. The van der Waals surface area contributed by atoms with Crippen LogP contribution in [-0.2, 0) is 12.0 Å². The van der Waals surface area contributed by atoms with Crippen LogP contribution in [0.5, 0.6) is 5.75 Å². The van der Waals surface area contributed by atoms with Crippen molar-refractivity contribution < 1.29 is 9.53 Å². The van der Waals surface area contributed by atoms with Crippen LogP contribution < -0.4 is 10.1 Å². The fourth-order valence-electron chi connectivity index (χ4n) is 5.07. The predicted molar refractivity (Wildman–Crippen MR) is 173 cm³/mol. The van der Waals surface area contributed by atoms with E-state index >= 15 is 0 Å². The lowest BCUT2D eigenvalue weighted by molar-refractivity contribution is 0.102. The third-order valence-electron chi connectivity index (χ3n) is 7.51. The topological polar surface area (TPSA) is 41.6 Å². The van der Waals surface area contributed by atoms with Gasteiger partial charge in [-0.05, 0) is 52.6 Å². The first-order valence-electron chi connectivity index (χ1n) is 15.6. The molecule has 0 saturated carbocycles.